The van der Waals surface area contributed by atoms with E-state index in [0.717, 1.165) is 0 Å². The van der Waals surface area contributed by atoms with E-state index in [4.69, 9.17) is 9.84 Å². The molecule has 0 saturated carbocycles. The van der Waals surface area contributed by atoms with Crippen molar-refractivity contribution >= 4 is 17.2 Å². The second-order valence-corrected chi connectivity index (χ2v) is 5.73. The number of nitrogens with one attached hydrogen (secondary N) is 1. The van der Waals surface area contributed by atoms with E-state index in [1.807, 2.05) is 0 Å². The molecule has 0 aromatic carbocycles. The lowest BCUT2D eigenvalue weighted by atomic mass is 10.1. The zero-order valence-electron chi connectivity index (χ0n) is 12.6. The molecule has 4 atom stereocenters. The average molecular weight is 325 g/mol. The number of rotatable bonds is 3. The van der Waals surface area contributed by atoms with Crippen LogP contribution in [0.3, 0.4) is 0 Å². The highest BCUT2D eigenvalue weighted by Crippen LogP contribution is 2.41. The molecule has 2 aliphatic rings. The summed E-state index contributed by atoms with van der Waals surface area (Å²) in [7, 11) is 0. The van der Waals surface area contributed by atoms with Crippen LogP contribution in [-0.4, -0.2) is 68.2 Å². The van der Waals surface area contributed by atoms with Crippen LogP contribution in [0.15, 0.2) is 9.79 Å². The van der Waals surface area contributed by atoms with Gasteiger partial charge in [-0.1, -0.05) is 0 Å². The fourth-order valence-corrected chi connectivity index (χ4v) is 2.85. The van der Waals surface area contributed by atoms with Gasteiger partial charge in [0.25, 0.3) is 5.56 Å². The van der Waals surface area contributed by atoms with Gasteiger partial charge in [-0.2, -0.15) is 0 Å². The van der Waals surface area contributed by atoms with Gasteiger partial charge in [-0.15, -0.1) is 0 Å². The molecule has 2 aliphatic heterocycles. The van der Waals surface area contributed by atoms with Crippen LogP contribution in [0.4, 0.5) is 11.5 Å². The van der Waals surface area contributed by atoms with Crippen LogP contribution in [0, 0.1) is 0 Å². The minimum Gasteiger partial charge on any atom is -0.846 e. The topological polar surface area (TPSA) is 154 Å². The first kappa shape index (κ1) is 15.9. The third kappa shape index (κ3) is 2.30. The monoisotopic (exact) mass is 325 g/mol. The normalized spacial score (nSPS) is 28.8. The summed E-state index contributed by atoms with van der Waals surface area (Å²) in [4.78, 5) is 23.5. The van der Waals surface area contributed by atoms with Gasteiger partial charge in [0.2, 0.25) is 0 Å². The lowest BCUT2D eigenvalue weighted by Crippen LogP contribution is -2.51. The molecule has 126 valence electrons. The largest absolute Gasteiger partial charge is 0.846 e. The number of nitrogens with zero attached hydrogens (tertiary/aromatic N) is 3. The average Bonchev–Trinajstić information content (AvgIpc) is 2.87. The molecule has 10 nitrogen and oxygen atoms in total. The van der Waals surface area contributed by atoms with E-state index in [0.29, 0.717) is 5.71 Å². The zero-order chi connectivity index (χ0) is 16.9. The zero-order valence-corrected chi connectivity index (χ0v) is 12.6. The number of anilines is 1. The van der Waals surface area contributed by atoms with Gasteiger partial charge < -0.3 is 35.0 Å². The van der Waals surface area contributed by atoms with Gasteiger partial charge in [-0.3, -0.25) is 4.79 Å². The van der Waals surface area contributed by atoms with Crippen molar-refractivity contribution in [3.8, 4) is 6.01 Å². The molecule has 1 saturated heterocycles. The Morgan fingerprint density at radius 2 is 2.26 bits per heavy atom. The van der Waals surface area contributed by atoms with Crippen LogP contribution in [-0.2, 0) is 4.74 Å². The summed E-state index contributed by atoms with van der Waals surface area (Å²) in [5, 5.41) is 40.1. The lowest BCUT2D eigenvalue weighted by Gasteiger charge is -2.38. The van der Waals surface area contributed by atoms with Crippen molar-refractivity contribution < 1.29 is 25.2 Å². The van der Waals surface area contributed by atoms with Gasteiger partial charge in [0.1, 0.15) is 18.3 Å². The Hall–Kier alpha value is -2.01. The van der Waals surface area contributed by atoms with Crippen molar-refractivity contribution in [3.05, 3.63) is 10.4 Å². The smallest absolute Gasteiger partial charge is 0.278 e. The van der Waals surface area contributed by atoms with E-state index in [9.17, 15) is 20.1 Å². The van der Waals surface area contributed by atoms with E-state index < -0.39 is 42.2 Å². The lowest BCUT2D eigenvalue weighted by molar-refractivity contribution is -0.281. The number of hydrogen-bond acceptors (Lipinski definition) is 9. The molecule has 0 aliphatic carbocycles. The molecular formula is C13H17N4O6-. The number of aromatic nitrogens is 2. The fourth-order valence-electron chi connectivity index (χ4n) is 2.85. The summed E-state index contributed by atoms with van der Waals surface area (Å²) in [6, 6.07) is -0.801. The van der Waals surface area contributed by atoms with Gasteiger partial charge in [0.15, 0.2) is 17.2 Å². The Morgan fingerprint density at radius 1 is 1.57 bits per heavy atom. The SMILES string of the molecule is CC1=Nc2c(nc([O-])[nH]c2=O)N2C[C@@H]([C@H](O)[C@H](O)CO)O[C@]12C. The minimum atomic E-state index is -1.37. The highest BCUT2D eigenvalue weighted by Gasteiger charge is 2.52. The maximum atomic E-state index is 11.9. The Balaban J connectivity index is 2.04. The quantitative estimate of drug-likeness (QED) is 0.479. The Morgan fingerprint density at radius 3 is 2.91 bits per heavy atom. The second kappa shape index (κ2) is 5.27. The molecule has 0 unspecified atom stereocenters. The molecule has 10 heteroatoms. The predicted molar refractivity (Wildman–Crippen MR) is 76.8 cm³/mol. The van der Waals surface area contributed by atoms with Crippen molar-refractivity contribution in [3.63, 3.8) is 0 Å². The molecule has 3 rings (SSSR count). The van der Waals surface area contributed by atoms with Crippen molar-refractivity contribution in [2.75, 3.05) is 18.1 Å². The third-order valence-corrected chi connectivity index (χ3v) is 4.28. The van der Waals surface area contributed by atoms with Crippen LogP contribution < -0.4 is 15.6 Å². The second-order valence-electron chi connectivity index (χ2n) is 5.73. The van der Waals surface area contributed by atoms with Crippen LogP contribution >= 0.6 is 0 Å². The van der Waals surface area contributed by atoms with Gasteiger partial charge in [0, 0.05) is 0 Å². The van der Waals surface area contributed by atoms with Gasteiger partial charge in [0.05, 0.1) is 24.9 Å². The Bertz CT molecular complexity index is 719. The van der Waals surface area contributed by atoms with Crippen molar-refractivity contribution in [1.29, 1.82) is 0 Å². The van der Waals surface area contributed by atoms with Crippen molar-refractivity contribution in [1.82, 2.24) is 9.97 Å². The van der Waals surface area contributed by atoms with Crippen molar-refractivity contribution in [2.45, 2.75) is 37.9 Å². The number of fused-ring (bicyclic) bond motifs is 3. The maximum absolute atomic E-state index is 11.9. The minimum absolute atomic E-state index is 0.000946. The molecule has 0 spiro atoms. The summed E-state index contributed by atoms with van der Waals surface area (Å²) in [5.41, 5.74) is -1.31. The van der Waals surface area contributed by atoms with Crippen LogP contribution in [0.2, 0.25) is 0 Å². The first-order valence-electron chi connectivity index (χ1n) is 7.07. The first-order valence-corrected chi connectivity index (χ1v) is 7.07. The molecule has 0 radical (unpaired) electrons. The summed E-state index contributed by atoms with van der Waals surface area (Å²) in [6.45, 7) is 2.77. The van der Waals surface area contributed by atoms with E-state index in [1.165, 1.54) is 0 Å². The fraction of sp³-hybridized carbons (Fsp3) is 0.615. The highest BCUT2D eigenvalue weighted by molar-refractivity contribution is 5.99. The number of aliphatic imine (C=N–C) groups is 1. The number of hydrogen-bond donors (Lipinski definition) is 4. The molecule has 3 heterocycles. The molecule has 1 aromatic heterocycles. The molecule has 4 N–H and O–H groups in total. The Labute approximate surface area is 130 Å². The van der Waals surface area contributed by atoms with E-state index in [2.05, 4.69) is 15.0 Å². The molecule has 23 heavy (non-hydrogen) atoms. The van der Waals surface area contributed by atoms with Crippen LogP contribution in [0.1, 0.15) is 13.8 Å². The summed E-state index contributed by atoms with van der Waals surface area (Å²) >= 11 is 0. The van der Waals surface area contributed by atoms with Crippen LogP contribution in [0.25, 0.3) is 0 Å². The number of aliphatic hydroxyl groups is 3. The maximum Gasteiger partial charge on any atom is 0.278 e. The molecule has 0 amide bonds. The third-order valence-electron chi connectivity index (χ3n) is 4.28. The molecular weight excluding hydrogens is 308 g/mol. The summed E-state index contributed by atoms with van der Waals surface area (Å²) in [6.07, 6.45) is -3.56. The van der Waals surface area contributed by atoms with E-state index in [1.54, 1.807) is 18.7 Å². The summed E-state index contributed by atoms with van der Waals surface area (Å²) < 4.78 is 5.81. The van der Waals surface area contributed by atoms with E-state index >= 15 is 0 Å². The Kier molecular flexibility index (Phi) is 3.64. The number of aliphatic hydroxyl groups excluding tert-OH is 3. The molecule has 1 aromatic rings. The van der Waals surface area contributed by atoms with Gasteiger partial charge in [-0.25, -0.2) is 9.98 Å². The van der Waals surface area contributed by atoms with Gasteiger partial charge in [-0.05, 0) is 13.8 Å². The molecule has 0 bridgehead atoms. The van der Waals surface area contributed by atoms with E-state index in [-0.39, 0.29) is 18.1 Å². The van der Waals surface area contributed by atoms with Crippen molar-refractivity contribution in [2.24, 2.45) is 4.99 Å². The highest BCUT2D eigenvalue weighted by atomic mass is 16.6. The summed E-state index contributed by atoms with van der Waals surface area (Å²) in [5.74, 6) is 0.0695. The number of aromatic amines is 1. The standard InChI is InChI=1S/C13H18N4O6/c1-5-13(2)17(3-7(23-13)9(20)6(19)4-18)10-8(14-5)11(21)16-12(22)15-10/h6-7,9,18-20H,3-4H2,1-2H3,(H2,15,16,21,22)/p-1/t6-,7+,9-,13-/m1/s1. The number of H-pyrrole nitrogens is 1. The first-order chi connectivity index (χ1) is 10.8. The van der Waals surface area contributed by atoms with Gasteiger partial charge >= 0.3 is 0 Å². The van der Waals surface area contributed by atoms with Crippen LogP contribution in [0.5, 0.6) is 6.01 Å². The number of ether oxygens (including phenoxy) is 1. The molecule has 1 fully saturated rings. The predicted octanol–water partition coefficient (Wildman–Crippen LogP) is -2.41.